The van der Waals surface area contributed by atoms with Crippen LogP contribution in [0.4, 0.5) is 0 Å². The average molecular weight is 566 g/mol. The fraction of sp³-hybridized carbons (Fsp3) is 0.966. The number of unbranched alkanes of at least 4 members (excludes halogenated alkanes) is 14. The van der Waals surface area contributed by atoms with E-state index in [1.54, 1.807) is 0 Å². The summed E-state index contributed by atoms with van der Waals surface area (Å²) in [6.45, 7) is 4.69. The second kappa shape index (κ2) is 23.2. The van der Waals surface area contributed by atoms with Crippen LogP contribution in [-0.4, -0.2) is 73.4 Å². The molecule has 228 valence electrons. The fourth-order valence-electron chi connectivity index (χ4n) is 4.28. The van der Waals surface area contributed by atoms with Crippen LogP contribution in [0.5, 0.6) is 0 Å². The van der Waals surface area contributed by atoms with Gasteiger partial charge >= 0.3 is 7.82 Å². The normalized spacial score (nSPS) is 15.2. The number of hydrogen-bond donors (Lipinski definition) is 3. The van der Waals surface area contributed by atoms with Crippen molar-refractivity contribution in [2.45, 2.75) is 142 Å². The lowest BCUT2D eigenvalue weighted by Gasteiger charge is -2.26. The van der Waals surface area contributed by atoms with Gasteiger partial charge in [-0.05, 0) is 12.8 Å². The second-order valence-corrected chi connectivity index (χ2v) is 13.3. The molecule has 0 aliphatic heterocycles. The first-order valence-corrected chi connectivity index (χ1v) is 16.9. The van der Waals surface area contributed by atoms with Gasteiger partial charge in [0, 0.05) is 6.42 Å². The van der Waals surface area contributed by atoms with Crippen LogP contribution in [0.3, 0.4) is 0 Å². The Morgan fingerprint density at radius 3 is 1.76 bits per heavy atom. The molecule has 0 aromatic carbocycles. The highest BCUT2D eigenvalue weighted by molar-refractivity contribution is 7.47. The van der Waals surface area contributed by atoms with Crippen LogP contribution in [0.1, 0.15) is 129 Å². The van der Waals surface area contributed by atoms with E-state index in [0.29, 0.717) is 23.9 Å². The predicted octanol–water partition coefficient (Wildman–Crippen LogP) is 6.73. The number of carbonyl (C=O) groups excluding carboxylic acids is 1. The number of phosphoric ester groups is 1. The molecular weight excluding hydrogens is 503 g/mol. The Morgan fingerprint density at radius 2 is 1.26 bits per heavy atom. The lowest BCUT2D eigenvalue weighted by Crippen LogP contribution is -2.46. The Bertz CT molecular complexity index is 614. The highest BCUT2D eigenvalue weighted by Gasteiger charge is 2.28. The van der Waals surface area contributed by atoms with Gasteiger partial charge in [0.15, 0.2) is 0 Å². The maximum absolute atomic E-state index is 12.4. The summed E-state index contributed by atoms with van der Waals surface area (Å²) in [5.41, 5.74) is 0. The molecule has 1 unspecified atom stereocenters. The predicted molar refractivity (Wildman–Crippen MR) is 157 cm³/mol. The number of aliphatic hydroxyl groups is 1. The van der Waals surface area contributed by atoms with Crippen LogP contribution >= 0.6 is 7.82 Å². The van der Waals surface area contributed by atoms with Crippen molar-refractivity contribution in [3.8, 4) is 0 Å². The molecule has 8 nitrogen and oxygen atoms in total. The van der Waals surface area contributed by atoms with Crippen molar-refractivity contribution in [2.24, 2.45) is 0 Å². The summed E-state index contributed by atoms with van der Waals surface area (Å²) in [4.78, 5) is 22.4. The largest absolute Gasteiger partial charge is 0.472 e. The van der Waals surface area contributed by atoms with Crippen molar-refractivity contribution in [3.63, 3.8) is 0 Å². The number of hydrogen-bond acceptors (Lipinski definition) is 5. The fourth-order valence-corrected chi connectivity index (χ4v) is 5.01. The third-order valence-electron chi connectivity index (χ3n) is 6.86. The number of phosphoric acid groups is 1. The van der Waals surface area contributed by atoms with E-state index in [-0.39, 0.29) is 19.1 Å². The van der Waals surface area contributed by atoms with E-state index < -0.39 is 20.0 Å². The smallest absolute Gasteiger partial charge is 0.391 e. The zero-order valence-electron chi connectivity index (χ0n) is 25.4. The zero-order chi connectivity index (χ0) is 28.7. The van der Waals surface area contributed by atoms with Crippen LogP contribution in [-0.2, 0) is 18.4 Å². The number of likely N-dealkylation sites (N-methyl/N-ethyl adjacent to an activating group) is 1. The number of amides is 1. The van der Waals surface area contributed by atoms with Gasteiger partial charge in [0.1, 0.15) is 13.2 Å². The average Bonchev–Trinajstić information content (AvgIpc) is 2.83. The van der Waals surface area contributed by atoms with E-state index in [0.717, 1.165) is 38.5 Å². The van der Waals surface area contributed by atoms with Crippen molar-refractivity contribution in [3.05, 3.63) is 0 Å². The molecule has 0 spiro atoms. The van der Waals surface area contributed by atoms with Crippen molar-refractivity contribution in [1.82, 2.24) is 5.32 Å². The molecule has 0 fully saturated rings. The summed E-state index contributed by atoms with van der Waals surface area (Å²) >= 11 is 0. The zero-order valence-corrected chi connectivity index (χ0v) is 26.3. The van der Waals surface area contributed by atoms with Gasteiger partial charge in [0.2, 0.25) is 5.91 Å². The monoisotopic (exact) mass is 565 g/mol. The van der Waals surface area contributed by atoms with Crippen LogP contribution in [0.15, 0.2) is 0 Å². The maximum Gasteiger partial charge on any atom is 0.472 e. The molecule has 0 saturated heterocycles. The van der Waals surface area contributed by atoms with Crippen LogP contribution in [0.25, 0.3) is 0 Å². The maximum atomic E-state index is 12.4. The first-order valence-electron chi connectivity index (χ1n) is 15.4. The minimum absolute atomic E-state index is 0.0762. The van der Waals surface area contributed by atoms with E-state index in [1.807, 2.05) is 21.1 Å². The second-order valence-electron chi connectivity index (χ2n) is 11.8. The summed E-state index contributed by atoms with van der Waals surface area (Å²) in [6, 6.07) is -0.746. The standard InChI is InChI=1S/C29H61N2O6P/c1-6-8-10-11-12-13-14-15-16-17-18-19-21-22-28(32)27(30-29(33)23-20-9-7-2)26-37-38(34,35)36-25-24-31(3,4)5/h27-28,32H,6-26H2,1-5H3,(H-,30,33,34,35)/p+1/t27-,28+/m0/s1. The molecule has 0 aromatic heterocycles. The molecular formula is C29H62N2O6P+. The molecule has 3 atom stereocenters. The molecule has 0 aliphatic carbocycles. The molecule has 0 rings (SSSR count). The minimum Gasteiger partial charge on any atom is -0.391 e. The topological polar surface area (TPSA) is 105 Å². The number of nitrogens with one attached hydrogen (secondary N) is 1. The SMILES string of the molecule is CCCCCCCCCCCCCCC[C@@H](O)[C@H](COP(=O)(O)OCC[N+](C)(C)C)NC(=O)CCCCC. The molecule has 9 heteroatoms. The molecule has 0 radical (unpaired) electrons. The van der Waals surface area contributed by atoms with Crippen molar-refractivity contribution in [2.75, 3.05) is 40.9 Å². The van der Waals surface area contributed by atoms with Crippen LogP contribution < -0.4 is 5.32 Å². The van der Waals surface area contributed by atoms with Crippen molar-refractivity contribution < 1.29 is 32.9 Å². The molecule has 0 bridgehead atoms. The highest BCUT2D eigenvalue weighted by Crippen LogP contribution is 2.43. The Labute approximate surface area is 234 Å². The molecule has 0 aliphatic rings. The van der Waals surface area contributed by atoms with Gasteiger partial charge in [-0.25, -0.2) is 4.57 Å². The first-order chi connectivity index (χ1) is 18.0. The van der Waals surface area contributed by atoms with Gasteiger partial charge in [-0.2, -0.15) is 0 Å². The van der Waals surface area contributed by atoms with E-state index in [9.17, 15) is 19.4 Å². The van der Waals surface area contributed by atoms with E-state index in [4.69, 9.17) is 9.05 Å². The van der Waals surface area contributed by atoms with Gasteiger partial charge in [-0.1, -0.05) is 110 Å². The number of rotatable bonds is 27. The Morgan fingerprint density at radius 1 is 0.789 bits per heavy atom. The summed E-state index contributed by atoms with van der Waals surface area (Å²) < 4.78 is 23.2. The molecule has 0 aromatic rings. The number of nitrogens with zero attached hydrogens (tertiary/aromatic N) is 1. The van der Waals surface area contributed by atoms with Crippen LogP contribution in [0, 0.1) is 0 Å². The summed E-state index contributed by atoms with van der Waals surface area (Å²) in [5, 5.41) is 13.6. The molecule has 0 saturated carbocycles. The Kier molecular flexibility index (Phi) is 22.9. The molecule has 3 N–H and O–H groups in total. The Hall–Kier alpha value is -0.500. The lowest BCUT2D eigenvalue weighted by molar-refractivity contribution is -0.870. The van der Waals surface area contributed by atoms with Gasteiger partial charge < -0.3 is 19.8 Å². The van der Waals surface area contributed by atoms with Crippen molar-refractivity contribution >= 4 is 13.7 Å². The van der Waals surface area contributed by atoms with Gasteiger partial charge in [0.05, 0.1) is 39.9 Å². The summed E-state index contributed by atoms with van der Waals surface area (Å²) in [6.07, 6.45) is 19.0. The van der Waals surface area contributed by atoms with E-state index in [2.05, 4.69) is 19.2 Å². The van der Waals surface area contributed by atoms with Gasteiger partial charge in [0.25, 0.3) is 0 Å². The third-order valence-corrected chi connectivity index (χ3v) is 7.84. The first kappa shape index (κ1) is 37.5. The molecule has 0 heterocycles. The van der Waals surface area contributed by atoms with Crippen molar-refractivity contribution in [1.29, 1.82) is 0 Å². The lowest BCUT2D eigenvalue weighted by atomic mass is 10.0. The van der Waals surface area contributed by atoms with Gasteiger partial charge in [-0.3, -0.25) is 13.8 Å². The molecule has 38 heavy (non-hydrogen) atoms. The number of aliphatic hydroxyl groups excluding tert-OH is 1. The summed E-state index contributed by atoms with van der Waals surface area (Å²) in [5.74, 6) is -0.171. The quantitative estimate of drug-likeness (QED) is 0.0579. The summed E-state index contributed by atoms with van der Waals surface area (Å²) in [7, 11) is 1.61. The number of carbonyl (C=O) groups is 1. The minimum atomic E-state index is -4.27. The Balaban J connectivity index is 4.36. The molecule has 1 amide bonds. The third kappa shape index (κ3) is 24.5. The van der Waals surface area contributed by atoms with E-state index in [1.165, 1.54) is 64.2 Å². The highest BCUT2D eigenvalue weighted by atomic mass is 31.2. The van der Waals surface area contributed by atoms with E-state index >= 15 is 0 Å². The van der Waals surface area contributed by atoms with Gasteiger partial charge in [-0.15, -0.1) is 0 Å². The van der Waals surface area contributed by atoms with Crippen LogP contribution in [0.2, 0.25) is 0 Å². The number of quaternary nitrogens is 1.